The molecular formula is C25H24ClNO2. The third kappa shape index (κ3) is 5.72. The Bertz CT molecular complexity index is 1010. The lowest BCUT2D eigenvalue weighted by molar-refractivity contribution is -0.115. The molecule has 148 valence electrons. The van der Waals surface area contributed by atoms with Gasteiger partial charge in [0.15, 0.2) is 0 Å². The number of hydrogen-bond acceptors (Lipinski definition) is 2. The van der Waals surface area contributed by atoms with Gasteiger partial charge in [0.2, 0.25) is 0 Å². The summed E-state index contributed by atoms with van der Waals surface area (Å²) in [4.78, 5) is 12.9. The number of benzene rings is 3. The third-order valence-corrected chi connectivity index (χ3v) is 4.87. The molecule has 3 rings (SSSR count). The van der Waals surface area contributed by atoms with Crippen molar-refractivity contribution >= 4 is 29.2 Å². The van der Waals surface area contributed by atoms with Crippen LogP contribution in [0.1, 0.15) is 22.3 Å². The van der Waals surface area contributed by atoms with Gasteiger partial charge in [0.1, 0.15) is 12.4 Å². The number of carbonyl (C=O) groups excluding carboxylic acids is 1. The summed E-state index contributed by atoms with van der Waals surface area (Å²) in [7, 11) is 0. The van der Waals surface area contributed by atoms with Crippen LogP contribution in [0.5, 0.6) is 5.75 Å². The number of nitrogens with one attached hydrogen (secondary N) is 1. The summed E-state index contributed by atoms with van der Waals surface area (Å²) >= 11 is 6.29. The summed E-state index contributed by atoms with van der Waals surface area (Å²) in [6.45, 7) is 4.83. The van der Waals surface area contributed by atoms with Crippen LogP contribution in [0.15, 0.2) is 72.8 Å². The van der Waals surface area contributed by atoms with Crippen LogP contribution in [0.3, 0.4) is 0 Å². The SMILES string of the molecule is Cc1ccc(C)c(OCCNC(=O)/C(=C/c2ccccc2Cl)c2ccccc2)c1. The second kappa shape index (κ2) is 9.94. The molecule has 3 aromatic carbocycles. The molecule has 0 atom stereocenters. The van der Waals surface area contributed by atoms with Gasteiger partial charge in [0.05, 0.1) is 6.54 Å². The van der Waals surface area contributed by atoms with Crippen molar-refractivity contribution in [2.75, 3.05) is 13.2 Å². The Morgan fingerprint density at radius 2 is 1.72 bits per heavy atom. The van der Waals surface area contributed by atoms with Crippen LogP contribution >= 0.6 is 11.6 Å². The Balaban J connectivity index is 1.71. The van der Waals surface area contributed by atoms with Crippen LogP contribution in [0.4, 0.5) is 0 Å². The lowest BCUT2D eigenvalue weighted by atomic mass is 10.0. The molecule has 0 saturated carbocycles. The zero-order chi connectivity index (χ0) is 20.6. The van der Waals surface area contributed by atoms with Crippen LogP contribution in [-0.4, -0.2) is 19.1 Å². The first-order valence-corrected chi connectivity index (χ1v) is 9.92. The monoisotopic (exact) mass is 405 g/mol. The smallest absolute Gasteiger partial charge is 0.252 e. The van der Waals surface area contributed by atoms with Gasteiger partial charge in [0.25, 0.3) is 5.91 Å². The van der Waals surface area contributed by atoms with Crippen LogP contribution < -0.4 is 10.1 Å². The average molecular weight is 406 g/mol. The fourth-order valence-corrected chi connectivity index (χ4v) is 3.12. The van der Waals surface area contributed by atoms with Crippen molar-refractivity contribution in [2.45, 2.75) is 13.8 Å². The number of aryl methyl sites for hydroxylation is 2. The van der Waals surface area contributed by atoms with E-state index in [0.29, 0.717) is 23.7 Å². The number of hydrogen-bond donors (Lipinski definition) is 1. The molecule has 0 aliphatic carbocycles. The summed E-state index contributed by atoms with van der Waals surface area (Å²) in [5.41, 5.74) is 4.41. The second-order valence-corrected chi connectivity index (χ2v) is 7.23. The Hall–Kier alpha value is -3.04. The molecule has 0 aliphatic rings. The number of rotatable bonds is 7. The summed E-state index contributed by atoms with van der Waals surface area (Å²) in [6.07, 6.45) is 1.82. The predicted octanol–water partition coefficient (Wildman–Crippen LogP) is 5.69. The minimum atomic E-state index is -0.166. The molecule has 0 bridgehead atoms. The quantitative estimate of drug-likeness (QED) is 0.311. The molecule has 0 aromatic heterocycles. The number of halogens is 1. The maximum absolute atomic E-state index is 12.9. The molecule has 0 aliphatic heterocycles. The molecule has 1 amide bonds. The van der Waals surface area contributed by atoms with Crippen molar-refractivity contribution in [2.24, 2.45) is 0 Å². The largest absolute Gasteiger partial charge is 0.491 e. The molecule has 0 spiro atoms. The molecule has 1 N–H and O–H groups in total. The van der Waals surface area contributed by atoms with E-state index in [-0.39, 0.29) is 5.91 Å². The third-order valence-electron chi connectivity index (χ3n) is 4.52. The highest BCUT2D eigenvalue weighted by molar-refractivity contribution is 6.33. The highest BCUT2D eigenvalue weighted by Crippen LogP contribution is 2.23. The predicted molar refractivity (Wildman–Crippen MR) is 120 cm³/mol. The second-order valence-electron chi connectivity index (χ2n) is 6.82. The van der Waals surface area contributed by atoms with Crippen LogP contribution in [-0.2, 0) is 4.79 Å². The van der Waals surface area contributed by atoms with Crippen molar-refractivity contribution in [3.05, 3.63) is 100 Å². The number of ether oxygens (including phenoxy) is 1. The maximum Gasteiger partial charge on any atom is 0.252 e. The fourth-order valence-electron chi connectivity index (χ4n) is 2.93. The molecular weight excluding hydrogens is 382 g/mol. The highest BCUT2D eigenvalue weighted by Gasteiger charge is 2.12. The summed E-state index contributed by atoms with van der Waals surface area (Å²) in [6, 6.07) is 23.1. The minimum Gasteiger partial charge on any atom is -0.491 e. The zero-order valence-electron chi connectivity index (χ0n) is 16.6. The van der Waals surface area contributed by atoms with E-state index >= 15 is 0 Å². The van der Waals surface area contributed by atoms with Gasteiger partial charge in [-0.1, -0.05) is 72.3 Å². The Morgan fingerprint density at radius 1 is 1.00 bits per heavy atom. The Morgan fingerprint density at radius 3 is 2.48 bits per heavy atom. The number of carbonyl (C=O) groups is 1. The first-order valence-electron chi connectivity index (χ1n) is 9.54. The van der Waals surface area contributed by atoms with E-state index < -0.39 is 0 Å². The maximum atomic E-state index is 12.9. The molecule has 29 heavy (non-hydrogen) atoms. The molecule has 0 saturated heterocycles. The molecule has 3 aromatic rings. The Labute approximate surface area is 177 Å². The van der Waals surface area contributed by atoms with E-state index in [9.17, 15) is 4.79 Å². The van der Waals surface area contributed by atoms with E-state index in [0.717, 1.165) is 28.0 Å². The highest BCUT2D eigenvalue weighted by atomic mass is 35.5. The van der Waals surface area contributed by atoms with E-state index in [1.165, 1.54) is 0 Å². The van der Waals surface area contributed by atoms with E-state index in [1.807, 2.05) is 86.7 Å². The van der Waals surface area contributed by atoms with Crippen LogP contribution in [0.2, 0.25) is 5.02 Å². The van der Waals surface area contributed by atoms with Gasteiger partial charge in [-0.25, -0.2) is 0 Å². The molecule has 0 unspecified atom stereocenters. The lowest BCUT2D eigenvalue weighted by Crippen LogP contribution is -2.29. The fraction of sp³-hybridized carbons (Fsp3) is 0.160. The van der Waals surface area contributed by atoms with Gasteiger partial charge in [-0.05, 0) is 54.3 Å². The summed E-state index contributed by atoms with van der Waals surface area (Å²) < 4.78 is 5.84. The first kappa shape index (κ1) is 20.7. The average Bonchev–Trinajstić information content (AvgIpc) is 2.73. The summed E-state index contributed by atoms with van der Waals surface area (Å²) in [5, 5.41) is 3.55. The standard InChI is InChI=1S/C25H24ClNO2/c1-18-12-13-19(2)24(16-18)29-15-14-27-25(28)22(20-8-4-3-5-9-20)17-21-10-6-7-11-23(21)26/h3-13,16-17H,14-15H2,1-2H3,(H,27,28)/b22-17+. The summed E-state index contributed by atoms with van der Waals surface area (Å²) in [5.74, 6) is 0.676. The van der Waals surface area contributed by atoms with E-state index in [1.54, 1.807) is 0 Å². The lowest BCUT2D eigenvalue weighted by Gasteiger charge is -2.12. The van der Waals surface area contributed by atoms with Gasteiger partial charge < -0.3 is 10.1 Å². The van der Waals surface area contributed by atoms with Crippen molar-refractivity contribution in [3.63, 3.8) is 0 Å². The molecule has 3 nitrogen and oxygen atoms in total. The first-order chi connectivity index (χ1) is 14.0. The van der Waals surface area contributed by atoms with Crippen molar-refractivity contribution in [3.8, 4) is 5.75 Å². The minimum absolute atomic E-state index is 0.166. The van der Waals surface area contributed by atoms with Gasteiger partial charge in [-0.3, -0.25) is 4.79 Å². The number of amides is 1. The van der Waals surface area contributed by atoms with Gasteiger partial charge in [0, 0.05) is 10.6 Å². The van der Waals surface area contributed by atoms with Crippen LogP contribution in [0.25, 0.3) is 11.6 Å². The topological polar surface area (TPSA) is 38.3 Å². The van der Waals surface area contributed by atoms with Gasteiger partial charge >= 0.3 is 0 Å². The van der Waals surface area contributed by atoms with E-state index in [2.05, 4.69) is 11.4 Å². The molecule has 0 fully saturated rings. The van der Waals surface area contributed by atoms with Crippen molar-refractivity contribution < 1.29 is 9.53 Å². The van der Waals surface area contributed by atoms with E-state index in [4.69, 9.17) is 16.3 Å². The van der Waals surface area contributed by atoms with Crippen molar-refractivity contribution in [1.82, 2.24) is 5.32 Å². The van der Waals surface area contributed by atoms with Crippen LogP contribution in [0, 0.1) is 13.8 Å². The zero-order valence-corrected chi connectivity index (χ0v) is 17.4. The molecule has 4 heteroatoms. The molecule has 0 heterocycles. The Kier molecular flexibility index (Phi) is 7.09. The van der Waals surface area contributed by atoms with Gasteiger partial charge in [-0.2, -0.15) is 0 Å². The normalized spacial score (nSPS) is 11.2. The van der Waals surface area contributed by atoms with Crippen molar-refractivity contribution in [1.29, 1.82) is 0 Å². The van der Waals surface area contributed by atoms with Gasteiger partial charge in [-0.15, -0.1) is 0 Å². The molecule has 0 radical (unpaired) electrons.